The first kappa shape index (κ1) is 11.4. The van der Waals surface area contributed by atoms with Gasteiger partial charge in [0.1, 0.15) is 0 Å². The second kappa shape index (κ2) is 5.32. The van der Waals surface area contributed by atoms with Gasteiger partial charge in [0.05, 0.1) is 6.54 Å². The molecule has 2 fully saturated rings. The van der Waals surface area contributed by atoms with E-state index in [0.717, 1.165) is 51.7 Å². The highest BCUT2D eigenvalue weighted by atomic mass is 16.2. The largest absolute Gasteiger partial charge is 0.341 e. The number of likely N-dealkylation sites (tertiary alicyclic amines) is 2. The average Bonchev–Trinajstić information content (AvgIpc) is 2.73. The van der Waals surface area contributed by atoms with Crippen molar-refractivity contribution in [1.82, 2.24) is 9.80 Å². The van der Waals surface area contributed by atoms with Crippen LogP contribution in [0.25, 0.3) is 0 Å². The molecule has 0 spiro atoms. The predicted molar refractivity (Wildman–Crippen MR) is 60.5 cm³/mol. The van der Waals surface area contributed by atoms with E-state index < -0.39 is 0 Å². The van der Waals surface area contributed by atoms with Crippen LogP contribution < -0.4 is 0 Å². The lowest BCUT2D eigenvalue weighted by molar-refractivity contribution is -0.137. The highest BCUT2D eigenvalue weighted by Gasteiger charge is 2.23. The summed E-state index contributed by atoms with van der Waals surface area (Å²) in [6.45, 7) is 2.74. The van der Waals surface area contributed by atoms with Gasteiger partial charge >= 0.3 is 0 Å². The third kappa shape index (κ3) is 2.74. The molecule has 2 aliphatic heterocycles. The number of carbonyl (C=O) groups is 2. The molecule has 2 heterocycles. The molecule has 0 saturated carbocycles. The quantitative estimate of drug-likeness (QED) is 0.695. The second-order valence-corrected chi connectivity index (χ2v) is 4.55. The van der Waals surface area contributed by atoms with Crippen molar-refractivity contribution in [3.8, 4) is 0 Å². The van der Waals surface area contributed by atoms with E-state index in [4.69, 9.17) is 0 Å². The van der Waals surface area contributed by atoms with E-state index in [1.165, 1.54) is 0 Å². The normalized spacial score (nSPS) is 22.4. The Bertz CT molecular complexity index is 272. The second-order valence-electron chi connectivity index (χ2n) is 4.55. The van der Waals surface area contributed by atoms with Crippen molar-refractivity contribution in [3.05, 3.63) is 6.42 Å². The molecular formula is C12H19N2O2. The first-order chi connectivity index (χ1) is 7.77. The van der Waals surface area contributed by atoms with Crippen LogP contribution in [0.2, 0.25) is 0 Å². The predicted octanol–water partition coefficient (Wildman–Crippen LogP) is 0.826. The lowest BCUT2D eigenvalue weighted by Crippen LogP contribution is -2.41. The molecule has 0 aromatic carbocycles. The van der Waals surface area contributed by atoms with Gasteiger partial charge in [0.25, 0.3) is 0 Å². The lowest BCUT2D eigenvalue weighted by Gasteiger charge is -2.23. The summed E-state index contributed by atoms with van der Waals surface area (Å²) in [6.07, 6.45) is 6.84. The number of nitrogens with zero attached hydrogens (tertiary/aromatic N) is 2. The molecule has 2 amide bonds. The fourth-order valence-corrected chi connectivity index (χ4v) is 2.30. The van der Waals surface area contributed by atoms with Crippen LogP contribution in [0.5, 0.6) is 0 Å². The summed E-state index contributed by atoms with van der Waals surface area (Å²) in [5.41, 5.74) is 0. The first-order valence-corrected chi connectivity index (χ1v) is 6.17. The Balaban J connectivity index is 1.86. The fourth-order valence-electron chi connectivity index (χ4n) is 2.30. The fraction of sp³-hybridized carbons (Fsp3) is 0.750. The highest BCUT2D eigenvalue weighted by Crippen LogP contribution is 2.12. The van der Waals surface area contributed by atoms with Gasteiger partial charge in [-0.05, 0) is 25.7 Å². The molecule has 2 rings (SSSR count). The van der Waals surface area contributed by atoms with Crippen LogP contribution in [0.3, 0.4) is 0 Å². The van der Waals surface area contributed by atoms with E-state index in [-0.39, 0.29) is 18.4 Å². The molecule has 2 aliphatic rings. The Morgan fingerprint density at radius 3 is 2.56 bits per heavy atom. The summed E-state index contributed by atoms with van der Waals surface area (Å²) < 4.78 is 0. The van der Waals surface area contributed by atoms with Gasteiger partial charge in [-0.3, -0.25) is 9.59 Å². The van der Waals surface area contributed by atoms with E-state index in [0.29, 0.717) is 0 Å². The van der Waals surface area contributed by atoms with Gasteiger partial charge in [-0.25, -0.2) is 0 Å². The van der Waals surface area contributed by atoms with Gasteiger partial charge in [0.15, 0.2) is 0 Å². The highest BCUT2D eigenvalue weighted by molar-refractivity contribution is 5.89. The average molecular weight is 223 g/mol. The zero-order valence-electron chi connectivity index (χ0n) is 9.65. The summed E-state index contributed by atoms with van der Waals surface area (Å²) in [7, 11) is 0. The number of hydrogen-bond donors (Lipinski definition) is 0. The molecule has 0 bridgehead atoms. The molecule has 4 nitrogen and oxygen atoms in total. The summed E-state index contributed by atoms with van der Waals surface area (Å²) in [5.74, 6) is 0.145. The molecule has 16 heavy (non-hydrogen) atoms. The Hall–Kier alpha value is -1.06. The minimum absolute atomic E-state index is 0.0325. The van der Waals surface area contributed by atoms with Gasteiger partial charge in [-0.1, -0.05) is 6.42 Å². The molecule has 0 aromatic heterocycles. The van der Waals surface area contributed by atoms with Crippen molar-refractivity contribution in [2.24, 2.45) is 0 Å². The third-order valence-corrected chi connectivity index (χ3v) is 3.30. The van der Waals surface area contributed by atoms with Crippen molar-refractivity contribution in [2.45, 2.75) is 32.1 Å². The first-order valence-electron chi connectivity index (χ1n) is 6.17. The van der Waals surface area contributed by atoms with Crippen molar-refractivity contribution in [1.29, 1.82) is 0 Å². The molecule has 0 atom stereocenters. The monoisotopic (exact) mass is 223 g/mol. The smallest absolute Gasteiger partial charge is 0.242 e. The summed E-state index contributed by atoms with van der Waals surface area (Å²) in [5, 5.41) is 0. The van der Waals surface area contributed by atoms with Gasteiger partial charge in [-0.2, -0.15) is 0 Å². The molecule has 1 radical (unpaired) electrons. The van der Waals surface area contributed by atoms with Crippen molar-refractivity contribution in [3.63, 3.8) is 0 Å². The third-order valence-electron chi connectivity index (χ3n) is 3.30. The molecule has 0 N–H and O–H groups in total. The van der Waals surface area contributed by atoms with E-state index >= 15 is 0 Å². The van der Waals surface area contributed by atoms with Crippen molar-refractivity contribution in [2.75, 3.05) is 26.2 Å². The minimum atomic E-state index is 0.0325. The van der Waals surface area contributed by atoms with Crippen LogP contribution in [0.1, 0.15) is 32.1 Å². The number of hydrogen-bond acceptors (Lipinski definition) is 2. The van der Waals surface area contributed by atoms with Crippen LogP contribution in [-0.2, 0) is 9.59 Å². The molecule has 2 saturated heterocycles. The van der Waals surface area contributed by atoms with Gasteiger partial charge < -0.3 is 9.80 Å². The van der Waals surface area contributed by atoms with Gasteiger partial charge in [-0.15, -0.1) is 0 Å². The van der Waals surface area contributed by atoms with Gasteiger partial charge in [0.2, 0.25) is 11.8 Å². The number of rotatable bonds is 2. The summed E-state index contributed by atoms with van der Waals surface area (Å²) >= 11 is 0. The van der Waals surface area contributed by atoms with E-state index in [9.17, 15) is 9.59 Å². The van der Waals surface area contributed by atoms with E-state index in [2.05, 4.69) is 0 Å². The Labute approximate surface area is 96.6 Å². The molecule has 0 unspecified atom stereocenters. The lowest BCUT2D eigenvalue weighted by atomic mass is 10.2. The van der Waals surface area contributed by atoms with Crippen LogP contribution in [0, 0.1) is 6.42 Å². The van der Waals surface area contributed by atoms with Crippen LogP contribution in [0.4, 0.5) is 0 Å². The SMILES string of the molecule is O=C1[CH]CCCCN1CC(=O)N1CCCC1. The molecular weight excluding hydrogens is 204 g/mol. The van der Waals surface area contributed by atoms with Crippen molar-refractivity contribution >= 4 is 11.8 Å². The molecule has 89 valence electrons. The molecule has 0 aliphatic carbocycles. The minimum Gasteiger partial charge on any atom is -0.341 e. The van der Waals surface area contributed by atoms with Crippen LogP contribution in [-0.4, -0.2) is 47.8 Å². The standard InChI is InChI=1S/C12H19N2O2/c15-11-6-2-1-3-9-14(11)10-12(16)13-7-4-5-8-13/h6H,1-5,7-10H2. The van der Waals surface area contributed by atoms with Crippen molar-refractivity contribution < 1.29 is 9.59 Å². The Morgan fingerprint density at radius 2 is 1.81 bits per heavy atom. The van der Waals surface area contributed by atoms with Gasteiger partial charge in [0, 0.05) is 26.1 Å². The van der Waals surface area contributed by atoms with Crippen LogP contribution in [0.15, 0.2) is 0 Å². The summed E-state index contributed by atoms with van der Waals surface area (Å²) in [4.78, 5) is 27.1. The van der Waals surface area contributed by atoms with E-state index in [1.807, 2.05) is 4.90 Å². The maximum Gasteiger partial charge on any atom is 0.242 e. The van der Waals surface area contributed by atoms with Crippen LogP contribution >= 0.6 is 0 Å². The number of carbonyl (C=O) groups excluding carboxylic acids is 2. The Kier molecular flexibility index (Phi) is 3.80. The summed E-state index contributed by atoms with van der Waals surface area (Å²) in [6, 6.07) is 0. The maximum atomic E-state index is 11.9. The zero-order chi connectivity index (χ0) is 11.4. The topological polar surface area (TPSA) is 40.6 Å². The number of amides is 2. The zero-order valence-corrected chi connectivity index (χ0v) is 9.65. The molecule has 0 aromatic rings. The maximum absolute atomic E-state index is 11.9. The molecule has 4 heteroatoms. The van der Waals surface area contributed by atoms with E-state index in [1.54, 1.807) is 11.3 Å². The Morgan fingerprint density at radius 1 is 1.12 bits per heavy atom.